The predicted octanol–water partition coefficient (Wildman–Crippen LogP) is 0.778. The van der Waals surface area contributed by atoms with Gasteiger partial charge in [0.1, 0.15) is 10.7 Å². The summed E-state index contributed by atoms with van der Waals surface area (Å²) in [7, 11) is 1.94. The molecule has 0 aliphatic carbocycles. The molecule has 2 heterocycles. The minimum Gasteiger partial charge on any atom is -0.391 e. The highest BCUT2D eigenvalue weighted by Crippen LogP contribution is 2.29. The van der Waals surface area contributed by atoms with E-state index in [0.29, 0.717) is 24.4 Å². The first-order chi connectivity index (χ1) is 9.02. The number of likely N-dealkylation sites (tertiary alicyclic amines) is 1. The molecule has 0 bridgehead atoms. The van der Waals surface area contributed by atoms with Crippen molar-refractivity contribution in [3.8, 4) is 0 Å². The summed E-state index contributed by atoms with van der Waals surface area (Å²) in [5.74, 6) is 0.164. The molecule has 106 valence electrons. The molecule has 1 unspecified atom stereocenters. The minimum absolute atomic E-state index is 0.123. The number of thiazole rings is 1. The maximum absolute atomic E-state index is 12.3. The average Bonchev–Trinajstić information content (AvgIpc) is 2.95. The lowest BCUT2D eigenvalue weighted by Gasteiger charge is -2.14. The molecule has 19 heavy (non-hydrogen) atoms. The lowest BCUT2D eigenvalue weighted by Crippen LogP contribution is -2.29. The number of aliphatic hydroxyl groups excluding tert-OH is 1. The number of β-amino-alcohol motifs (C(OH)–C–C–N with tert-alkyl or cyclic N) is 1. The molecule has 1 saturated heterocycles. The van der Waals surface area contributed by atoms with Crippen molar-refractivity contribution in [2.45, 2.75) is 25.9 Å². The topological polar surface area (TPSA) is 82.7 Å². The Morgan fingerprint density at radius 3 is 3.00 bits per heavy atom. The smallest absolute Gasteiger partial charge is 0.267 e. The van der Waals surface area contributed by atoms with Crippen molar-refractivity contribution in [3.05, 3.63) is 4.88 Å². The van der Waals surface area contributed by atoms with Gasteiger partial charge in [-0.25, -0.2) is 4.98 Å². The molecule has 3 N–H and O–H groups in total. The summed E-state index contributed by atoms with van der Waals surface area (Å²) in [5, 5.41) is 10.2. The molecule has 1 aromatic rings. The third kappa shape index (κ3) is 2.98. The highest BCUT2D eigenvalue weighted by atomic mass is 32.1. The first-order valence-corrected chi connectivity index (χ1v) is 7.29. The van der Waals surface area contributed by atoms with Crippen LogP contribution in [0.2, 0.25) is 0 Å². The van der Waals surface area contributed by atoms with Crippen LogP contribution in [0.25, 0.3) is 0 Å². The number of nitrogen functional groups attached to an aromatic ring is 1. The minimum atomic E-state index is -0.416. The van der Waals surface area contributed by atoms with Gasteiger partial charge in [0.05, 0.1) is 6.10 Å². The molecule has 1 amide bonds. The van der Waals surface area contributed by atoms with Gasteiger partial charge in [-0.3, -0.25) is 4.79 Å². The predicted molar refractivity (Wildman–Crippen MR) is 76.6 cm³/mol. The Morgan fingerprint density at radius 1 is 1.68 bits per heavy atom. The summed E-state index contributed by atoms with van der Waals surface area (Å²) in [6.45, 7) is 3.93. The van der Waals surface area contributed by atoms with E-state index in [1.54, 1.807) is 4.90 Å². The van der Waals surface area contributed by atoms with Gasteiger partial charge in [0.25, 0.3) is 5.91 Å². The van der Waals surface area contributed by atoms with Crippen molar-refractivity contribution < 1.29 is 9.90 Å². The number of rotatable bonds is 4. The van der Waals surface area contributed by atoms with Gasteiger partial charge < -0.3 is 20.6 Å². The molecule has 2 rings (SSSR count). The van der Waals surface area contributed by atoms with Crippen molar-refractivity contribution in [1.29, 1.82) is 0 Å². The van der Waals surface area contributed by atoms with Crippen LogP contribution >= 0.6 is 11.3 Å². The Morgan fingerprint density at radius 2 is 2.42 bits per heavy atom. The van der Waals surface area contributed by atoms with Gasteiger partial charge in [-0.05, 0) is 12.8 Å². The molecule has 1 aliphatic rings. The number of anilines is 2. The maximum Gasteiger partial charge on any atom is 0.267 e. The Balaban J connectivity index is 2.14. The summed E-state index contributed by atoms with van der Waals surface area (Å²) >= 11 is 1.32. The van der Waals surface area contributed by atoms with Gasteiger partial charge in [-0.2, -0.15) is 0 Å². The molecule has 1 aromatic heterocycles. The van der Waals surface area contributed by atoms with Crippen LogP contribution in [0.4, 0.5) is 10.9 Å². The summed E-state index contributed by atoms with van der Waals surface area (Å²) in [5.41, 5.74) is 5.84. The van der Waals surface area contributed by atoms with Gasteiger partial charge >= 0.3 is 0 Å². The van der Waals surface area contributed by atoms with E-state index < -0.39 is 6.10 Å². The number of nitrogens with zero attached hydrogens (tertiary/aromatic N) is 3. The lowest BCUT2D eigenvalue weighted by molar-refractivity contribution is 0.0770. The van der Waals surface area contributed by atoms with Gasteiger partial charge in [0.15, 0.2) is 5.13 Å². The van der Waals surface area contributed by atoms with Crippen LogP contribution in [0.15, 0.2) is 0 Å². The zero-order valence-corrected chi connectivity index (χ0v) is 12.1. The second kappa shape index (κ2) is 5.75. The number of amides is 1. The Hall–Kier alpha value is -1.34. The van der Waals surface area contributed by atoms with Gasteiger partial charge in [-0.1, -0.05) is 18.3 Å². The third-order valence-corrected chi connectivity index (χ3v) is 4.35. The molecule has 7 heteroatoms. The molecule has 1 atom stereocenters. The molecule has 0 radical (unpaired) electrons. The van der Waals surface area contributed by atoms with Crippen LogP contribution in [-0.4, -0.2) is 53.7 Å². The Labute approximate surface area is 116 Å². The molecule has 1 fully saturated rings. The molecular weight excluding hydrogens is 264 g/mol. The van der Waals surface area contributed by atoms with Crippen LogP contribution in [-0.2, 0) is 0 Å². The number of aliphatic hydroxyl groups is 1. The number of aromatic nitrogens is 1. The average molecular weight is 284 g/mol. The normalized spacial score (nSPS) is 18.9. The quantitative estimate of drug-likeness (QED) is 0.853. The first-order valence-electron chi connectivity index (χ1n) is 6.47. The van der Waals surface area contributed by atoms with E-state index in [9.17, 15) is 9.90 Å². The van der Waals surface area contributed by atoms with E-state index >= 15 is 0 Å². The van der Waals surface area contributed by atoms with Crippen LogP contribution in [0, 0.1) is 0 Å². The SMILES string of the molecule is CCCN(C)c1nc(N)c(C(=O)N2CCC(O)C2)s1. The summed E-state index contributed by atoms with van der Waals surface area (Å²) in [4.78, 5) is 20.7. The van der Waals surface area contributed by atoms with Crippen LogP contribution in [0.5, 0.6) is 0 Å². The third-order valence-electron chi connectivity index (χ3n) is 3.17. The monoisotopic (exact) mass is 284 g/mol. The highest BCUT2D eigenvalue weighted by molar-refractivity contribution is 7.18. The van der Waals surface area contributed by atoms with Crippen molar-refractivity contribution in [3.63, 3.8) is 0 Å². The van der Waals surface area contributed by atoms with Gasteiger partial charge in [0.2, 0.25) is 0 Å². The number of hydrogen-bond acceptors (Lipinski definition) is 6. The highest BCUT2D eigenvalue weighted by Gasteiger charge is 2.28. The van der Waals surface area contributed by atoms with E-state index in [2.05, 4.69) is 11.9 Å². The van der Waals surface area contributed by atoms with Gasteiger partial charge in [-0.15, -0.1) is 0 Å². The standard InChI is InChI=1S/C12H20N4O2S/c1-3-5-15(2)12-14-10(13)9(19-12)11(18)16-6-4-8(17)7-16/h8,17H,3-7,13H2,1-2H3. The Kier molecular flexibility index (Phi) is 4.26. The molecule has 6 nitrogen and oxygen atoms in total. The van der Waals surface area contributed by atoms with Crippen molar-refractivity contribution in [2.24, 2.45) is 0 Å². The van der Waals surface area contributed by atoms with E-state index in [1.807, 2.05) is 11.9 Å². The summed E-state index contributed by atoms with van der Waals surface area (Å²) in [6.07, 6.45) is 1.23. The number of carbonyl (C=O) groups is 1. The van der Waals surface area contributed by atoms with Gasteiger partial charge in [0, 0.05) is 26.7 Å². The molecule has 0 saturated carbocycles. The largest absolute Gasteiger partial charge is 0.391 e. The molecular formula is C12H20N4O2S. The molecule has 0 aromatic carbocycles. The Bertz CT molecular complexity index is 463. The van der Waals surface area contributed by atoms with Crippen molar-refractivity contribution >= 4 is 28.2 Å². The summed E-state index contributed by atoms with van der Waals surface area (Å²) < 4.78 is 0. The maximum atomic E-state index is 12.3. The van der Waals surface area contributed by atoms with Crippen molar-refractivity contribution in [1.82, 2.24) is 9.88 Å². The summed E-state index contributed by atoms with van der Waals surface area (Å²) in [6, 6.07) is 0. The first kappa shape index (κ1) is 14.1. The second-order valence-corrected chi connectivity index (χ2v) is 5.80. The fraction of sp³-hybridized carbons (Fsp3) is 0.667. The second-order valence-electron chi connectivity index (χ2n) is 4.83. The number of carbonyl (C=O) groups excluding carboxylic acids is 1. The fourth-order valence-corrected chi connectivity index (χ4v) is 3.08. The van der Waals surface area contributed by atoms with E-state index in [0.717, 1.165) is 18.1 Å². The fourth-order valence-electron chi connectivity index (χ4n) is 2.14. The number of nitrogens with two attached hydrogens (primary N) is 1. The van der Waals surface area contributed by atoms with E-state index in [1.165, 1.54) is 11.3 Å². The zero-order chi connectivity index (χ0) is 14.0. The molecule has 0 spiro atoms. The van der Waals surface area contributed by atoms with Crippen LogP contribution in [0.1, 0.15) is 29.4 Å². The van der Waals surface area contributed by atoms with Crippen LogP contribution < -0.4 is 10.6 Å². The lowest BCUT2D eigenvalue weighted by atomic mass is 10.3. The number of hydrogen-bond donors (Lipinski definition) is 2. The van der Waals surface area contributed by atoms with Crippen LogP contribution in [0.3, 0.4) is 0 Å². The van der Waals surface area contributed by atoms with E-state index in [4.69, 9.17) is 5.73 Å². The molecule has 1 aliphatic heterocycles. The van der Waals surface area contributed by atoms with E-state index in [-0.39, 0.29) is 11.7 Å². The van der Waals surface area contributed by atoms with Crippen molar-refractivity contribution in [2.75, 3.05) is 37.3 Å². The zero-order valence-electron chi connectivity index (χ0n) is 11.3.